The summed E-state index contributed by atoms with van der Waals surface area (Å²) >= 11 is 5.78. The van der Waals surface area contributed by atoms with Crippen LogP contribution in [0.3, 0.4) is 0 Å². The van der Waals surface area contributed by atoms with Crippen LogP contribution in [-0.2, 0) is 14.3 Å². The van der Waals surface area contributed by atoms with Crippen LogP contribution in [0.1, 0.15) is 10.4 Å². The van der Waals surface area contributed by atoms with Gasteiger partial charge in [0.1, 0.15) is 13.2 Å². The highest BCUT2D eigenvalue weighted by Gasteiger charge is 2.14. The quantitative estimate of drug-likeness (QED) is 0.492. The Balaban J connectivity index is 1.50. The number of halogens is 1. The van der Waals surface area contributed by atoms with E-state index in [1.54, 1.807) is 18.5 Å². The van der Waals surface area contributed by atoms with E-state index in [2.05, 4.69) is 15.6 Å². The normalized spacial score (nSPS) is 10.4. The molecule has 0 aliphatic carbocycles. The molecule has 0 bridgehead atoms. The fourth-order valence-electron chi connectivity index (χ4n) is 2.74. The average Bonchev–Trinajstić information content (AvgIpc) is 2.75. The van der Waals surface area contributed by atoms with Crippen molar-refractivity contribution in [2.75, 3.05) is 23.8 Å². The third-order valence-corrected chi connectivity index (χ3v) is 4.35. The van der Waals surface area contributed by atoms with Crippen LogP contribution in [0, 0.1) is 0 Å². The van der Waals surface area contributed by atoms with Gasteiger partial charge < -0.3 is 20.5 Å². The summed E-state index contributed by atoms with van der Waals surface area (Å²) in [6.07, 6.45) is 3.37. The van der Waals surface area contributed by atoms with Crippen LogP contribution in [0.2, 0.25) is 5.02 Å². The number of carbonyl (C=O) groups excluding carboxylic acids is 2. The molecule has 3 rings (SSSR count). The number of anilines is 2. The van der Waals surface area contributed by atoms with Gasteiger partial charge in [0.2, 0.25) is 11.8 Å². The molecule has 0 saturated heterocycles. The maximum atomic E-state index is 12.1. The van der Waals surface area contributed by atoms with Crippen molar-refractivity contribution in [2.24, 2.45) is 0 Å². The topological polar surface area (TPSA) is 118 Å². The number of carboxylic acids is 1. The van der Waals surface area contributed by atoms with Crippen molar-refractivity contribution in [1.29, 1.82) is 0 Å². The molecule has 0 aliphatic heterocycles. The highest BCUT2D eigenvalue weighted by atomic mass is 35.5. The standard InChI is InChI=1S/C22H18ClN3O5/c23-16-4-5-19(18(11-16)22(29)30)26-21(28)13-31-12-20(27)25-17-3-1-2-15(10-17)14-6-8-24-9-7-14/h1-11H,12-13H2,(H,25,27)(H,26,28)(H,29,30). The molecule has 0 radical (unpaired) electrons. The second-order valence-corrected chi connectivity index (χ2v) is 6.84. The minimum atomic E-state index is -1.23. The fourth-order valence-corrected chi connectivity index (χ4v) is 2.92. The zero-order chi connectivity index (χ0) is 22.2. The smallest absolute Gasteiger partial charge is 0.337 e. The van der Waals surface area contributed by atoms with E-state index in [1.165, 1.54) is 18.2 Å². The molecule has 31 heavy (non-hydrogen) atoms. The Labute approximate surface area is 182 Å². The number of hydrogen-bond acceptors (Lipinski definition) is 5. The van der Waals surface area contributed by atoms with E-state index in [-0.39, 0.29) is 22.9 Å². The van der Waals surface area contributed by atoms with Crippen molar-refractivity contribution < 1.29 is 24.2 Å². The molecule has 2 aromatic carbocycles. The summed E-state index contributed by atoms with van der Waals surface area (Å²) < 4.78 is 5.13. The minimum absolute atomic E-state index is 0.0860. The molecule has 0 aliphatic rings. The monoisotopic (exact) mass is 439 g/mol. The molecule has 0 unspecified atom stereocenters. The molecule has 1 aromatic heterocycles. The molecule has 8 nitrogen and oxygen atoms in total. The van der Waals surface area contributed by atoms with Crippen LogP contribution in [0.5, 0.6) is 0 Å². The number of ether oxygens (including phenoxy) is 1. The van der Waals surface area contributed by atoms with Crippen molar-refractivity contribution >= 4 is 40.8 Å². The number of carboxylic acid groups (broad SMARTS) is 1. The molecule has 0 saturated carbocycles. The first-order valence-corrected chi connectivity index (χ1v) is 9.51. The zero-order valence-corrected chi connectivity index (χ0v) is 16.9. The first-order chi connectivity index (χ1) is 14.9. The fraction of sp³-hybridized carbons (Fsp3) is 0.0909. The van der Waals surface area contributed by atoms with E-state index >= 15 is 0 Å². The Hall–Kier alpha value is -3.75. The lowest BCUT2D eigenvalue weighted by Gasteiger charge is -2.10. The number of nitrogens with zero attached hydrogens (tertiary/aromatic N) is 1. The number of aromatic carboxylic acids is 1. The van der Waals surface area contributed by atoms with E-state index in [1.807, 2.05) is 30.3 Å². The van der Waals surface area contributed by atoms with Gasteiger partial charge in [-0.1, -0.05) is 23.7 Å². The van der Waals surface area contributed by atoms with Gasteiger partial charge in [0.25, 0.3) is 0 Å². The number of aromatic nitrogens is 1. The van der Waals surface area contributed by atoms with Gasteiger partial charge in [-0.25, -0.2) is 4.79 Å². The van der Waals surface area contributed by atoms with E-state index in [4.69, 9.17) is 16.3 Å². The van der Waals surface area contributed by atoms with Crippen LogP contribution in [0.15, 0.2) is 67.0 Å². The number of benzene rings is 2. The van der Waals surface area contributed by atoms with Crippen LogP contribution in [-0.4, -0.2) is 41.1 Å². The third-order valence-electron chi connectivity index (χ3n) is 4.11. The number of pyridine rings is 1. The zero-order valence-electron chi connectivity index (χ0n) is 16.2. The molecule has 0 spiro atoms. The lowest BCUT2D eigenvalue weighted by Crippen LogP contribution is -2.24. The summed E-state index contributed by atoms with van der Waals surface area (Å²) in [5.41, 5.74) is 2.40. The Kier molecular flexibility index (Phi) is 7.31. The summed E-state index contributed by atoms with van der Waals surface area (Å²) in [6.45, 7) is -0.772. The van der Waals surface area contributed by atoms with Gasteiger partial charge in [0, 0.05) is 23.1 Å². The summed E-state index contributed by atoms with van der Waals surface area (Å²) in [5.74, 6) is -2.26. The molecule has 1 heterocycles. The molecule has 2 amide bonds. The minimum Gasteiger partial charge on any atom is -0.478 e. The number of carbonyl (C=O) groups is 3. The lowest BCUT2D eigenvalue weighted by molar-refractivity contribution is -0.125. The van der Waals surface area contributed by atoms with Gasteiger partial charge in [-0.2, -0.15) is 0 Å². The van der Waals surface area contributed by atoms with Crippen molar-refractivity contribution in [1.82, 2.24) is 4.98 Å². The summed E-state index contributed by atoms with van der Waals surface area (Å²) in [7, 11) is 0. The second-order valence-electron chi connectivity index (χ2n) is 6.40. The Morgan fingerprint density at radius 2 is 1.61 bits per heavy atom. The molecule has 3 aromatic rings. The summed E-state index contributed by atoms with van der Waals surface area (Å²) in [6, 6.07) is 15.1. The van der Waals surface area contributed by atoms with Crippen LogP contribution < -0.4 is 10.6 Å². The largest absolute Gasteiger partial charge is 0.478 e. The van der Waals surface area contributed by atoms with E-state index in [0.717, 1.165) is 11.1 Å². The van der Waals surface area contributed by atoms with Crippen LogP contribution in [0.4, 0.5) is 11.4 Å². The third kappa shape index (κ3) is 6.36. The lowest BCUT2D eigenvalue weighted by atomic mass is 10.1. The predicted molar refractivity (Wildman–Crippen MR) is 116 cm³/mol. The highest BCUT2D eigenvalue weighted by molar-refractivity contribution is 6.31. The predicted octanol–water partition coefficient (Wildman–Crippen LogP) is 3.69. The Morgan fingerprint density at radius 3 is 2.32 bits per heavy atom. The molecule has 3 N–H and O–H groups in total. The summed E-state index contributed by atoms with van der Waals surface area (Å²) in [5, 5.41) is 14.5. The molecular weight excluding hydrogens is 422 g/mol. The SMILES string of the molecule is O=C(COCC(=O)Nc1ccc(Cl)cc1C(=O)O)Nc1cccc(-c2ccncc2)c1. The highest BCUT2D eigenvalue weighted by Crippen LogP contribution is 2.22. The number of amides is 2. The van der Waals surface area contributed by atoms with E-state index in [9.17, 15) is 19.5 Å². The van der Waals surface area contributed by atoms with E-state index < -0.39 is 24.4 Å². The van der Waals surface area contributed by atoms with Crippen LogP contribution in [0.25, 0.3) is 11.1 Å². The van der Waals surface area contributed by atoms with Crippen molar-refractivity contribution in [2.45, 2.75) is 0 Å². The van der Waals surface area contributed by atoms with Crippen molar-refractivity contribution in [3.8, 4) is 11.1 Å². The number of hydrogen-bond donors (Lipinski definition) is 3. The van der Waals surface area contributed by atoms with E-state index in [0.29, 0.717) is 5.69 Å². The van der Waals surface area contributed by atoms with Crippen LogP contribution >= 0.6 is 11.6 Å². The van der Waals surface area contributed by atoms with Gasteiger partial charge in [-0.05, 0) is 53.6 Å². The second kappa shape index (κ2) is 10.3. The number of rotatable bonds is 8. The molecule has 158 valence electrons. The average molecular weight is 440 g/mol. The number of nitrogens with one attached hydrogen (secondary N) is 2. The molecule has 0 atom stereocenters. The maximum absolute atomic E-state index is 12.1. The molecule has 0 fully saturated rings. The van der Waals surface area contributed by atoms with Crippen molar-refractivity contribution in [3.63, 3.8) is 0 Å². The molecular formula is C22H18ClN3O5. The Bertz CT molecular complexity index is 1110. The van der Waals surface area contributed by atoms with Gasteiger partial charge in [0.05, 0.1) is 11.3 Å². The van der Waals surface area contributed by atoms with Gasteiger partial charge in [-0.15, -0.1) is 0 Å². The first kappa shape index (κ1) is 21.9. The van der Waals surface area contributed by atoms with Gasteiger partial charge in [0.15, 0.2) is 0 Å². The van der Waals surface area contributed by atoms with Gasteiger partial charge >= 0.3 is 5.97 Å². The maximum Gasteiger partial charge on any atom is 0.337 e. The van der Waals surface area contributed by atoms with Gasteiger partial charge in [-0.3, -0.25) is 14.6 Å². The summed E-state index contributed by atoms with van der Waals surface area (Å²) in [4.78, 5) is 39.4. The first-order valence-electron chi connectivity index (χ1n) is 9.13. The Morgan fingerprint density at radius 1 is 0.903 bits per heavy atom. The molecule has 9 heteroatoms. The van der Waals surface area contributed by atoms with Crippen molar-refractivity contribution in [3.05, 3.63) is 77.6 Å².